The summed E-state index contributed by atoms with van der Waals surface area (Å²) in [6.07, 6.45) is -4.57. The number of benzene rings is 1. The predicted octanol–water partition coefficient (Wildman–Crippen LogP) is 1.57. The molecule has 96 valence electrons. The van der Waals surface area contributed by atoms with Crippen molar-refractivity contribution in [2.24, 2.45) is 0 Å². The lowest BCUT2D eigenvalue weighted by Crippen LogP contribution is -2.33. The van der Waals surface area contributed by atoms with E-state index in [0.29, 0.717) is 5.69 Å². The van der Waals surface area contributed by atoms with Gasteiger partial charge in [0.05, 0.1) is 4.90 Å². The van der Waals surface area contributed by atoms with E-state index in [2.05, 4.69) is 5.32 Å². The van der Waals surface area contributed by atoms with Gasteiger partial charge in [0.1, 0.15) is 6.54 Å². The third-order valence-electron chi connectivity index (χ3n) is 1.92. The van der Waals surface area contributed by atoms with Crippen molar-refractivity contribution in [2.45, 2.75) is 11.1 Å². The van der Waals surface area contributed by atoms with Gasteiger partial charge in [-0.15, -0.1) is 0 Å². The maximum atomic E-state index is 11.9. The van der Waals surface area contributed by atoms with Crippen molar-refractivity contribution in [3.05, 3.63) is 24.3 Å². The summed E-state index contributed by atoms with van der Waals surface area (Å²) in [5.74, 6) is 0. The molecule has 2 N–H and O–H groups in total. The molecule has 0 amide bonds. The second-order valence-electron chi connectivity index (χ2n) is 3.21. The molecule has 1 aromatic carbocycles. The monoisotopic (exact) mass is 268 g/mol. The summed E-state index contributed by atoms with van der Waals surface area (Å²) in [5.41, 5.74) is 0.666. The Morgan fingerprint density at radius 1 is 1.18 bits per heavy atom. The zero-order valence-corrected chi connectivity index (χ0v) is 9.69. The molecule has 8 heteroatoms. The third-order valence-corrected chi connectivity index (χ3v) is 3.33. The lowest BCUT2D eigenvalue weighted by atomic mass is 10.3. The van der Waals surface area contributed by atoms with E-state index in [9.17, 15) is 21.6 Å². The van der Waals surface area contributed by atoms with Crippen molar-refractivity contribution in [1.29, 1.82) is 0 Å². The fourth-order valence-corrected chi connectivity index (χ4v) is 2.08. The number of halogens is 3. The fraction of sp³-hybridized carbons (Fsp3) is 0.333. The highest BCUT2D eigenvalue weighted by Crippen LogP contribution is 2.16. The van der Waals surface area contributed by atoms with Gasteiger partial charge in [-0.25, -0.2) is 13.1 Å². The highest BCUT2D eigenvalue weighted by molar-refractivity contribution is 7.89. The largest absolute Gasteiger partial charge is 0.402 e. The molecule has 0 bridgehead atoms. The zero-order chi connectivity index (χ0) is 13.1. The number of sulfonamides is 1. The first-order valence-electron chi connectivity index (χ1n) is 4.59. The van der Waals surface area contributed by atoms with Crippen LogP contribution >= 0.6 is 0 Å². The average molecular weight is 268 g/mol. The van der Waals surface area contributed by atoms with E-state index >= 15 is 0 Å². The van der Waals surface area contributed by atoms with Crippen molar-refractivity contribution in [1.82, 2.24) is 4.72 Å². The van der Waals surface area contributed by atoms with Gasteiger partial charge in [-0.05, 0) is 24.3 Å². The number of nitrogens with one attached hydrogen (secondary N) is 2. The van der Waals surface area contributed by atoms with Gasteiger partial charge in [-0.3, -0.25) is 0 Å². The van der Waals surface area contributed by atoms with Crippen molar-refractivity contribution in [2.75, 3.05) is 18.9 Å². The van der Waals surface area contributed by atoms with E-state index in [4.69, 9.17) is 0 Å². The molecule has 0 radical (unpaired) electrons. The van der Waals surface area contributed by atoms with Gasteiger partial charge in [0, 0.05) is 12.7 Å². The Hall–Kier alpha value is -1.28. The van der Waals surface area contributed by atoms with Crippen LogP contribution in [0, 0.1) is 0 Å². The molecule has 0 unspecified atom stereocenters. The Morgan fingerprint density at radius 2 is 1.71 bits per heavy atom. The number of rotatable bonds is 4. The highest BCUT2D eigenvalue weighted by atomic mass is 32.2. The molecule has 17 heavy (non-hydrogen) atoms. The summed E-state index contributed by atoms with van der Waals surface area (Å²) >= 11 is 0. The van der Waals surface area contributed by atoms with E-state index in [1.54, 1.807) is 7.05 Å². The molecule has 1 rings (SSSR count). The second-order valence-corrected chi connectivity index (χ2v) is 4.98. The molecule has 0 aliphatic heterocycles. The molecular weight excluding hydrogens is 257 g/mol. The molecule has 0 saturated carbocycles. The second kappa shape index (κ2) is 4.92. The van der Waals surface area contributed by atoms with Gasteiger partial charge in [0.15, 0.2) is 0 Å². The zero-order valence-electron chi connectivity index (χ0n) is 8.88. The molecule has 0 aliphatic rings. The van der Waals surface area contributed by atoms with E-state index in [0.717, 1.165) is 0 Å². The van der Waals surface area contributed by atoms with Crippen molar-refractivity contribution in [3.8, 4) is 0 Å². The molecule has 0 atom stereocenters. The molecular formula is C9H11F3N2O2S. The van der Waals surface area contributed by atoms with E-state index in [1.165, 1.54) is 29.0 Å². The summed E-state index contributed by atoms with van der Waals surface area (Å²) in [6, 6.07) is 5.37. The molecule has 0 aromatic heterocycles. The van der Waals surface area contributed by atoms with E-state index < -0.39 is 22.7 Å². The molecule has 0 spiro atoms. The minimum atomic E-state index is -4.57. The van der Waals surface area contributed by atoms with Gasteiger partial charge >= 0.3 is 6.18 Å². The molecule has 0 saturated heterocycles. The molecule has 1 aromatic rings. The topological polar surface area (TPSA) is 58.2 Å². The highest BCUT2D eigenvalue weighted by Gasteiger charge is 2.29. The van der Waals surface area contributed by atoms with Crippen LogP contribution in [0.4, 0.5) is 18.9 Å². The van der Waals surface area contributed by atoms with Crippen LogP contribution in [0.5, 0.6) is 0 Å². The van der Waals surface area contributed by atoms with Crippen LogP contribution in [0.15, 0.2) is 29.2 Å². The summed E-state index contributed by atoms with van der Waals surface area (Å²) in [6.45, 7) is -1.58. The normalized spacial score (nSPS) is 12.5. The number of hydrogen-bond donors (Lipinski definition) is 2. The van der Waals surface area contributed by atoms with Gasteiger partial charge in [-0.1, -0.05) is 0 Å². The van der Waals surface area contributed by atoms with Crippen LogP contribution < -0.4 is 10.0 Å². The first-order chi connectivity index (χ1) is 7.74. The van der Waals surface area contributed by atoms with Crippen LogP contribution in [0.2, 0.25) is 0 Å². The molecule has 0 aliphatic carbocycles. The van der Waals surface area contributed by atoms with Crippen LogP contribution in [0.25, 0.3) is 0 Å². The first-order valence-corrected chi connectivity index (χ1v) is 6.07. The summed E-state index contributed by atoms with van der Waals surface area (Å²) in [5, 5.41) is 2.77. The van der Waals surface area contributed by atoms with Gasteiger partial charge in [0.2, 0.25) is 10.0 Å². The number of hydrogen-bond acceptors (Lipinski definition) is 3. The van der Waals surface area contributed by atoms with Crippen LogP contribution in [0.3, 0.4) is 0 Å². The van der Waals surface area contributed by atoms with E-state index in [1.807, 2.05) is 0 Å². The van der Waals surface area contributed by atoms with Crippen LogP contribution in [-0.2, 0) is 10.0 Å². The standard InChI is InChI=1S/C9H11F3N2O2S/c1-13-7-2-4-8(5-3-7)17(15,16)14-6-9(10,11)12/h2-5,13-14H,6H2,1H3. The molecule has 4 nitrogen and oxygen atoms in total. The van der Waals surface area contributed by atoms with Crippen molar-refractivity contribution >= 4 is 15.7 Å². The van der Waals surface area contributed by atoms with Crippen LogP contribution in [-0.4, -0.2) is 28.2 Å². The minimum Gasteiger partial charge on any atom is -0.388 e. The lowest BCUT2D eigenvalue weighted by molar-refractivity contribution is -0.121. The Morgan fingerprint density at radius 3 is 2.12 bits per heavy atom. The Labute approximate surface area is 96.9 Å². The molecule has 0 fully saturated rings. The Kier molecular flexibility index (Phi) is 3.99. The van der Waals surface area contributed by atoms with Gasteiger partial charge in [-0.2, -0.15) is 13.2 Å². The maximum absolute atomic E-state index is 11.9. The maximum Gasteiger partial charge on any atom is 0.402 e. The van der Waals surface area contributed by atoms with Crippen LogP contribution in [0.1, 0.15) is 0 Å². The van der Waals surface area contributed by atoms with Crippen molar-refractivity contribution in [3.63, 3.8) is 0 Å². The number of alkyl halides is 3. The first kappa shape index (κ1) is 13.8. The van der Waals surface area contributed by atoms with Crippen molar-refractivity contribution < 1.29 is 21.6 Å². The number of anilines is 1. The smallest absolute Gasteiger partial charge is 0.388 e. The van der Waals surface area contributed by atoms with Gasteiger partial charge in [0.25, 0.3) is 0 Å². The quantitative estimate of drug-likeness (QED) is 0.871. The van der Waals surface area contributed by atoms with E-state index in [-0.39, 0.29) is 4.90 Å². The summed E-state index contributed by atoms with van der Waals surface area (Å²) in [4.78, 5) is -0.208. The minimum absolute atomic E-state index is 0.208. The molecule has 0 heterocycles. The van der Waals surface area contributed by atoms with Gasteiger partial charge < -0.3 is 5.32 Å². The average Bonchev–Trinajstić information content (AvgIpc) is 2.26. The third kappa shape index (κ3) is 4.23. The fourth-order valence-electron chi connectivity index (χ4n) is 1.06. The Bertz CT molecular complexity index is 468. The SMILES string of the molecule is CNc1ccc(S(=O)(=O)NCC(F)(F)F)cc1. The Balaban J connectivity index is 2.82. The predicted molar refractivity (Wildman–Crippen MR) is 57.2 cm³/mol. The summed E-state index contributed by atoms with van der Waals surface area (Å²) < 4.78 is 60.0. The lowest BCUT2D eigenvalue weighted by Gasteiger charge is -2.09. The summed E-state index contributed by atoms with van der Waals surface area (Å²) in [7, 11) is -2.47.